The molecule has 0 saturated carbocycles. The van der Waals surface area contributed by atoms with Gasteiger partial charge in [0.2, 0.25) is 5.91 Å². The molecule has 3 aromatic rings. The summed E-state index contributed by atoms with van der Waals surface area (Å²) in [5, 5.41) is 0. The van der Waals surface area contributed by atoms with Crippen LogP contribution in [0.15, 0.2) is 61.2 Å². The van der Waals surface area contributed by atoms with Crippen molar-refractivity contribution in [2.75, 3.05) is 11.4 Å². The molecule has 4 heterocycles. The monoisotopic (exact) mass is 375 g/mol. The van der Waals surface area contributed by atoms with Crippen molar-refractivity contribution in [3.63, 3.8) is 0 Å². The molecule has 2 aliphatic heterocycles. The fourth-order valence-corrected chi connectivity index (χ4v) is 4.05. The predicted octanol–water partition coefficient (Wildman–Crippen LogP) is 2.37. The highest BCUT2D eigenvalue weighted by Gasteiger charge is 2.43. The first-order valence-electron chi connectivity index (χ1n) is 9.46. The lowest BCUT2D eigenvalue weighted by atomic mass is 10.1. The fraction of sp³-hybridized carbons (Fsp3) is 0.286. The molecule has 1 fully saturated rings. The van der Waals surface area contributed by atoms with Crippen molar-refractivity contribution >= 4 is 11.6 Å². The minimum Gasteiger partial charge on any atom is -0.487 e. The molecule has 0 spiro atoms. The lowest BCUT2D eigenvalue weighted by molar-refractivity contribution is -0.123. The molecule has 2 bridgehead atoms. The molecule has 7 heteroatoms. The number of nitrogens with one attached hydrogen (secondary N) is 1. The van der Waals surface area contributed by atoms with Crippen molar-refractivity contribution in [3.05, 3.63) is 72.6 Å². The van der Waals surface area contributed by atoms with Crippen LogP contribution in [0.1, 0.15) is 17.8 Å². The summed E-state index contributed by atoms with van der Waals surface area (Å²) in [5.74, 6) is 1.70. The van der Waals surface area contributed by atoms with Gasteiger partial charge >= 0.3 is 0 Å². The number of para-hydroxylation sites is 2. The van der Waals surface area contributed by atoms with Crippen LogP contribution in [0.4, 0.5) is 5.69 Å². The smallest absolute Gasteiger partial charge is 0.244 e. The highest BCUT2D eigenvalue weighted by Crippen LogP contribution is 2.37. The maximum Gasteiger partial charge on any atom is 0.244 e. The topological polar surface area (TPSA) is 74.3 Å². The number of fused-ring (bicyclic) bond motifs is 3. The van der Waals surface area contributed by atoms with Gasteiger partial charge in [0, 0.05) is 37.8 Å². The molecular weight excluding hydrogens is 354 g/mol. The summed E-state index contributed by atoms with van der Waals surface area (Å²) in [6.07, 6.45) is 7.75. The summed E-state index contributed by atoms with van der Waals surface area (Å²) in [7, 11) is 0. The Kier molecular flexibility index (Phi) is 4.29. The molecule has 7 nitrogen and oxygen atoms in total. The Morgan fingerprint density at radius 3 is 2.89 bits per heavy atom. The van der Waals surface area contributed by atoms with E-state index in [4.69, 9.17) is 4.74 Å². The van der Waals surface area contributed by atoms with Crippen molar-refractivity contribution in [1.29, 1.82) is 0 Å². The average Bonchev–Trinajstić information content (AvgIpc) is 3.37. The van der Waals surface area contributed by atoms with E-state index >= 15 is 0 Å². The zero-order valence-electron chi connectivity index (χ0n) is 15.4. The van der Waals surface area contributed by atoms with Crippen LogP contribution < -0.4 is 9.64 Å². The summed E-state index contributed by atoms with van der Waals surface area (Å²) in [4.78, 5) is 29.3. The molecule has 2 aliphatic rings. The molecule has 28 heavy (non-hydrogen) atoms. The van der Waals surface area contributed by atoms with Gasteiger partial charge < -0.3 is 14.6 Å². The third kappa shape index (κ3) is 3.14. The highest BCUT2D eigenvalue weighted by atomic mass is 16.5. The summed E-state index contributed by atoms with van der Waals surface area (Å²) in [6, 6.07) is 11.4. The van der Waals surface area contributed by atoms with E-state index in [9.17, 15) is 4.79 Å². The van der Waals surface area contributed by atoms with Gasteiger partial charge in [0.15, 0.2) is 0 Å². The first-order valence-corrected chi connectivity index (χ1v) is 9.46. The minimum atomic E-state index is -0.236. The number of nitrogens with zero attached hydrogens (tertiary/aromatic N) is 4. The Balaban J connectivity index is 1.50. The molecular formula is C21H21N5O2. The number of aromatic nitrogens is 3. The van der Waals surface area contributed by atoms with Gasteiger partial charge in [0.05, 0.1) is 24.8 Å². The van der Waals surface area contributed by atoms with Gasteiger partial charge in [-0.15, -0.1) is 0 Å². The number of likely N-dealkylation sites (tertiary alicyclic amines) is 1. The van der Waals surface area contributed by atoms with E-state index in [2.05, 4.69) is 19.9 Å². The SMILES string of the molecule is O=C1C2CC(CN2Cc2ncc[nH]2)Oc2ccccc2N1Cc1cccnc1. The number of H-pyrrole nitrogens is 1. The second-order valence-electron chi connectivity index (χ2n) is 7.21. The van der Waals surface area contributed by atoms with E-state index in [1.807, 2.05) is 41.3 Å². The Morgan fingerprint density at radius 2 is 2.07 bits per heavy atom. The summed E-state index contributed by atoms with van der Waals surface area (Å²) in [5.41, 5.74) is 1.80. The molecule has 2 unspecified atom stereocenters. The van der Waals surface area contributed by atoms with Crippen LogP contribution in [0.5, 0.6) is 5.75 Å². The van der Waals surface area contributed by atoms with Crippen molar-refractivity contribution in [2.24, 2.45) is 0 Å². The first kappa shape index (κ1) is 16.9. The molecule has 1 N–H and O–H groups in total. The largest absolute Gasteiger partial charge is 0.487 e. The molecule has 1 aromatic carbocycles. The van der Waals surface area contributed by atoms with E-state index in [0.29, 0.717) is 26.1 Å². The lowest BCUT2D eigenvalue weighted by Crippen LogP contribution is -2.45. The Hall–Kier alpha value is -3.19. The number of carbonyl (C=O) groups is 1. The van der Waals surface area contributed by atoms with Crippen LogP contribution in [0.3, 0.4) is 0 Å². The summed E-state index contributed by atoms with van der Waals surface area (Å²) in [6.45, 7) is 1.76. The van der Waals surface area contributed by atoms with E-state index in [-0.39, 0.29) is 18.1 Å². The molecule has 0 radical (unpaired) electrons. The van der Waals surface area contributed by atoms with Crippen LogP contribution in [-0.2, 0) is 17.9 Å². The Morgan fingerprint density at radius 1 is 1.14 bits per heavy atom. The van der Waals surface area contributed by atoms with Gasteiger partial charge in [-0.05, 0) is 23.8 Å². The maximum absolute atomic E-state index is 13.6. The van der Waals surface area contributed by atoms with Gasteiger partial charge in [-0.1, -0.05) is 18.2 Å². The van der Waals surface area contributed by atoms with Crippen LogP contribution in [0.2, 0.25) is 0 Å². The molecule has 1 saturated heterocycles. The van der Waals surface area contributed by atoms with E-state index in [1.165, 1.54) is 0 Å². The van der Waals surface area contributed by atoms with Crippen molar-refractivity contribution in [3.8, 4) is 5.75 Å². The maximum atomic E-state index is 13.6. The summed E-state index contributed by atoms with van der Waals surface area (Å²) >= 11 is 0. The molecule has 142 valence electrons. The van der Waals surface area contributed by atoms with Crippen LogP contribution in [-0.4, -0.2) is 44.4 Å². The molecule has 0 aliphatic carbocycles. The predicted molar refractivity (Wildman–Crippen MR) is 104 cm³/mol. The first-order chi connectivity index (χ1) is 13.8. The second-order valence-corrected chi connectivity index (χ2v) is 7.21. The number of pyridine rings is 1. The number of amides is 1. The Bertz CT molecular complexity index is 960. The van der Waals surface area contributed by atoms with Crippen LogP contribution in [0, 0.1) is 0 Å². The van der Waals surface area contributed by atoms with Gasteiger partial charge in [-0.2, -0.15) is 0 Å². The number of aromatic amines is 1. The highest BCUT2D eigenvalue weighted by molar-refractivity contribution is 5.99. The number of hydrogen-bond donors (Lipinski definition) is 1. The van der Waals surface area contributed by atoms with Crippen molar-refractivity contribution in [1.82, 2.24) is 19.9 Å². The second kappa shape index (κ2) is 7.09. The number of anilines is 1. The van der Waals surface area contributed by atoms with Gasteiger partial charge in [-0.25, -0.2) is 4.98 Å². The molecule has 2 aromatic heterocycles. The molecule has 2 atom stereocenters. The zero-order valence-corrected chi connectivity index (χ0v) is 15.4. The third-order valence-corrected chi connectivity index (χ3v) is 5.34. The third-order valence-electron chi connectivity index (χ3n) is 5.34. The Labute approximate surface area is 163 Å². The number of ether oxygens (including phenoxy) is 1. The van der Waals surface area contributed by atoms with Crippen molar-refractivity contribution < 1.29 is 9.53 Å². The number of hydrogen-bond acceptors (Lipinski definition) is 5. The van der Waals surface area contributed by atoms with Crippen molar-refractivity contribution in [2.45, 2.75) is 31.7 Å². The van der Waals surface area contributed by atoms with Gasteiger partial charge in [-0.3, -0.25) is 14.7 Å². The number of carbonyl (C=O) groups excluding carboxylic acids is 1. The number of benzene rings is 1. The van der Waals surface area contributed by atoms with Crippen LogP contribution >= 0.6 is 0 Å². The lowest BCUT2D eigenvalue weighted by Gasteiger charge is -2.31. The van der Waals surface area contributed by atoms with Gasteiger partial charge in [0.25, 0.3) is 0 Å². The van der Waals surface area contributed by atoms with E-state index in [1.54, 1.807) is 24.8 Å². The molecule has 5 rings (SSSR count). The zero-order chi connectivity index (χ0) is 18.9. The quantitative estimate of drug-likeness (QED) is 0.758. The molecule has 1 amide bonds. The number of rotatable bonds is 4. The fourth-order valence-electron chi connectivity index (χ4n) is 4.05. The number of imidazole rings is 1. The van der Waals surface area contributed by atoms with Gasteiger partial charge in [0.1, 0.15) is 17.7 Å². The minimum absolute atomic E-state index is 0.00870. The van der Waals surface area contributed by atoms with E-state index in [0.717, 1.165) is 22.8 Å². The standard InChI is InChI=1S/C21H21N5O2/c27-21-18-10-16(13-25(18)14-20-23-8-9-24-20)28-19-6-2-1-5-17(19)26(21)12-15-4-3-7-22-11-15/h1-9,11,16,18H,10,12-14H2,(H,23,24). The van der Waals surface area contributed by atoms with Crippen LogP contribution in [0.25, 0.3) is 0 Å². The summed E-state index contributed by atoms with van der Waals surface area (Å²) < 4.78 is 6.31. The average molecular weight is 375 g/mol. The van der Waals surface area contributed by atoms with E-state index < -0.39 is 0 Å². The normalized spacial score (nSPS) is 21.7.